The van der Waals surface area contributed by atoms with Crippen LogP contribution in [0.15, 0.2) is 142 Å². The molecule has 6 aromatic carbocycles. The van der Waals surface area contributed by atoms with Gasteiger partial charge in [0.2, 0.25) is 5.52 Å². The molecule has 0 spiro atoms. The molecule has 0 atom stereocenters. The Morgan fingerprint density at radius 1 is 0.818 bits per heavy atom. The van der Waals surface area contributed by atoms with Gasteiger partial charge in [-0.3, -0.25) is 4.55 Å². The number of rotatable bonds is 12. The van der Waals surface area contributed by atoms with Gasteiger partial charge < -0.3 is 14.4 Å². The van der Waals surface area contributed by atoms with Crippen molar-refractivity contribution in [1.82, 2.24) is 0 Å². The molecule has 0 radical (unpaired) electrons. The highest BCUT2D eigenvalue weighted by atomic mass is 35.5. The lowest BCUT2D eigenvalue weighted by Gasteiger charge is -2.21. The number of thioether (sulfide) groups is 1. The predicted octanol–water partition coefficient (Wildman–Crippen LogP) is 11.5. The number of aromatic nitrogens is 1. The number of benzene rings is 6. The second-order valence-corrected chi connectivity index (χ2v) is 17.3. The van der Waals surface area contributed by atoms with Crippen molar-refractivity contribution in [1.29, 1.82) is 0 Å². The SMILES string of the molecule is CCC(=Cc1sc2ccc(Cl)cc2[n+]1CCOc1cccc2ccccc12)C=C1Sc2ccc(Cl)cc2N1CCOc1ccc(S(=O)(=O)O)c2ccccc12. The summed E-state index contributed by atoms with van der Waals surface area (Å²) in [6, 6.07) is 36.2. The molecule has 55 heavy (non-hydrogen) atoms. The third kappa shape index (κ3) is 7.94. The number of hydrogen-bond donors (Lipinski definition) is 1. The van der Waals surface area contributed by atoms with Crippen molar-refractivity contribution in [2.24, 2.45) is 0 Å². The third-order valence-corrected chi connectivity index (χ3v) is 13.0. The van der Waals surface area contributed by atoms with Gasteiger partial charge in [-0.25, -0.2) is 0 Å². The van der Waals surface area contributed by atoms with E-state index in [1.807, 2.05) is 60.7 Å². The largest absolute Gasteiger partial charge is 0.491 e. The second kappa shape index (κ2) is 15.9. The molecule has 1 aromatic heterocycles. The van der Waals surface area contributed by atoms with E-state index >= 15 is 0 Å². The normalized spacial score (nSPS) is 14.0. The Morgan fingerprint density at radius 3 is 2.35 bits per heavy atom. The fraction of sp³-hybridized carbons (Fsp3) is 0.140. The number of halogens is 2. The summed E-state index contributed by atoms with van der Waals surface area (Å²) in [5.41, 5.74) is 3.19. The Balaban J connectivity index is 1.08. The molecule has 2 heterocycles. The number of thiazole rings is 1. The molecule has 1 N–H and O–H groups in total. The summed E-state index contributed by atoms with van der Waals surface area (Å²) in [6.45, 7) is 4.07. The van der Waals surface area contributed by atoms with Gasteiger partial charge in [-0.05, 0) is 72.0 Å². The Bertz CT molecular complexity index is 2760. The minimum atomic E-state index is -4.40. The molecule has 1 aliphatic rings. The standard InChI is InChI=1S/C43H34Cl2N2O5S3/c1-2-28(24-42-46(35-26-30(44)14-17-39(35)53-42)20-22-51-37-13-7-9-29-8-3-4-10-32(29)37)25-43-47(36-27-31(45)15-18-40(36)54-43)21-23-52-38-16-19-41(55(48,49)50)34-12-6-5-11-33(34)38/h3-19,24-27H,2,20-23H2,1H3/p+1. The lowest BCUT2D eigenvalue weighted by molar-refractivity contribution is -0.669. The average Bonchev–Trinajstić information content (AvgIpc) is 3.69. The molecule has 0 amide bonds. The summed E-state index contributed by atoms with van der Waals surface area (Å²) < 4.78 is 50.0. The van der Waals surface area contributed by atoms with Gasteiger partial charge >= 0.3 is 0 Å². The van der Waals surface area contributed by atoms with E-state index in [4.69, 9.17) is 32.7 Å². The first-order chi connectivity index (χ1) is 26.7. The number of nitrogens with zero attached hydrogens (tertiary/aromatic N) is 2. The Kier molecular flexibility index (Phi) is 10.8. The zero-order valence-electron chi connectivity index (χ0n) is 29.6. The number of anilines is 1. The lowest BCUT2D eigenvalue weighted by Crippen LogP contribution is -2.38. The van der Waals surface area contributed by atoms with E-state index in [9.17, 15) is 13.0 Å². The van der Waals surface area contributed by atoms with Crippen LogP contribution in [0.3, 0.4) is 0 Å². The fourth-order valence-electron chi connectivity index (χ4n) is 6.80. The molecule has 0 unspecified atom stereocenters. The first-order valence-corrected chi connectivity index (χ1v) is 21.5. The van der Waals surface area contributed by atoms with E-state index in [1.165, 1.54) is 6.07 Å². The monoisotopic (exact) mass is 825 g/mol. The first kappa shape index (κ1) is 37.4. The van der Waals surface area contributed by atoms with Crippen molar-refractivity contribution < 1.29 is 27.0 Å². The minimum absolute atomic E-state index is 0.153. The maximum absolute atomic E-state index is 12.0. The van der Waals surface area contributed by atoms with Crippen molar-refractivity contribution >= 4 is 99.9 Å². The van der Waals surface area contributed by atoms with Gasteiger partial charge in [0, 0.05) is 43.2 Å². The van der Waals surface area contributed by atoms with Crippen LogP contribution in [0.25, 0.3) is 37.8 Å². The summed E-state index contributed by atoms with van der Waals surface area (Å²) >= 11 is 16.4. The number of hydrogen-bond acceptors (Lipinski definition) is 7. The Hall–Kier alpha value is -4.55. The first-order valence-electron chi connectivity index (χ1n) is 17.7. The molecular formula is C43H35Cl2N2O5S3+. The Morgan fingerprint density at radius 2 is 1.53 bits per heavy atom. The maximum atomic E-state index is 12.0. The van der Waals surface area contributed by atoms with Crippen molar-refractivity contribution in [3.05, 3.63) is 147 Å². The van der Waals surface area contributed by atoms with E-state index < -0.39 is 10.1 Å². The second-order valence-electron chi connectivity index (χ2n) is 12.9. The van der Waals surface area contributed by atoms with Crippen molar-refractivity contribution in [2.45, 2.75) is 29.7 Å². The summed E-state index contributed by atoms with van der Waals surface area (Å²) in [5, 5.41) is 6.67. The Labute approximate surface area is 337 Å². The molecule has 7 nitrogen and oxygen atoms in total. The van der Waals surface area contributed by atoms with Crippen LogP contribution in [-0.2, 0) is 16.7 Å². The van der Waals surface area contributed by atoms with Crippen LogP contribution >= 0.6 is 46.3 Å². The van der Waals surface area contributed by atoms with Gasteiger partial charge in [-0.15, -0.1) is 0 Å². The average molecular weight is 827 g/mol. The fourth-order valence-corrected chi connectivity index (χ4v) is 10.1. The molecule has 8 rings (SSSR count). The zero-order chi connectivity index (χ0) is 38.1. The molecule has 0 aliphatic carbocycles. The van der Waals surface area contributed by atoms with Gasteiger partial charge in [-0.1, -0.05) is 114 Å². The van der Waals surface area contributed by atoms with Crippen LogP contribution in [-0.4, -0.2) is 32.7 Å². The molecule has 0 saturated heterocycles. The topological polar surface area (TPSA) is 80.0 Å². The predicted molar refractivity (Wildman–Crippen MR) is 227 cm³/mol. The molecule has 278 valence electrons. The van der Waals surface area contributed by atoms with E-state index in [-0.39, 0.29) is 4.90 Å². The maximum Gasteiger partial charge on any atom is 0.295 e. The van der Waals surface area contributed by atoms with Gasteiger partial charge in [0.15, 0.2) is 6.54 Å². The van der Waals surface area contributed by atoms with Crippen LogP contribution in [0.1, 0.15) is 18.4 Å². The quantitative estimate of drug-likeness (QED) is 0.0971. The van der Waals surface area contributed by atoms with E-state index in [0.29, 0.717) is 52.9 Å². The number of fused-ring (bicyclic) bond motifs is 4. The van der Waals surface area contributed by atoms with Crippen molar-refractivity contribution in [3.63, 3.8) is 0 Å². The molecule has 0 saturated carbocycles. The van der Waals surface area contributed by atoms with Crippen LogP contribution < -0.4 is 18.9 Å². The van der Waals surface area contributed by atoms with E-state index in [1.54, 1.807) is 47.4 Å². The smallest absolute Gasteiger partial charge is 0.295 e. The van der Waals surface area contributed by atoms with Crippen LogP contribution in [0, 0.1) is 0 Å². The van der Waals surface area contributed by atoms with E-state index in [2.05, 4.69) is 52.8 Å². The summed E-state index contributed by atoms with van der Waals surface area (Å²) in [7, 11) is -4.40. The molecule has 0 bridgehead atoms. The van der Waals surface area contributed by atoms with Gasteiger partial charge in [0.1, 0.15) is 34.3 Å². The van der Waals surface area contributed by atoms with Gasteiger partial charge in [0.25, 0.3) is 15.1 Å². The zero-order valence-corrected chi connectivity index (χ0v) is 33.6. The van der Waals surface area contributed by atoms with Crippen LogP contribution in [0.4, 0.5) is 5.69 Å². The van der Waals surface area contributed by atoms with Crippen LogP contribution in [0.5, 0.6) is 11.5 Å². The highest BCUT2D eigenvalue weighted by Crippen LogP contribution is 2.47. The lowest BCUT2D eigenvalue weighted by atomic mass is 10.1. The molecule has 1 aliphatic heterocycles. The number of allylic oxidation sites excluding steroid dienone is 2. The summed E-state index contributed by atoms with van der Waals surface area (Å²) in [4.78, 5) is 3.15. The highest BCUT2D eigenvalue weighted by Gasteiger charge is 2.27. The number of ether oxygens (including phenoxy) is 2. The van der Waals surface area contributed by atoms with Gasteiger partial charge in [0.05, 0.1) is 17.3 Å². The minimum Gasteiger partial charge on any atom is -0.491 e. The third-order valence-electron chi connectivity index (χ3n) is 9.43. The van der Waals surface area contributed by atoms with Crippen LogP contribution in [0.2, 0.25) is 10.0 Å². The van der Waals surface area contributed by atoms with Crippen molar-refractivity contribution in [2.75, 3.05) is 24.7 Å². The molecule has 12 heteroatoms. The molecule has 0 fully saturated rings. The van der Waals surface area contributed by atoms with Crippen molar-refractivity contribution in [3.8, 4) is 11.5 Å². The summed E-state index contributed by atoms with van der Waals surface area (Å²) in [6.07, 6.45) is 5.26. The van der Waals surface area contributed by atoms with Gasteiger partial charge in [-0.2, -0.15) is 13.0 Å². The highest BCUT2D eigenvalue weighted by molar-refractivity contribution is 8.03. The van der Waals surface area contributed by atoms with E-state index in [0.717, 1.165) is 59.4 Å². The molecule has 7 aromatic rings. The molecular weight excluding hydrogens is 792 g/mol. The summed E-state index contributed by atoms with van der Waals surface area (Å²) in [5.74, 6) is 1.39.